The molecule has 3 rings (SSSR count). The van der Waals surface area contributed by atoms with Crippen LogP contribution in [0.1, 0.15) is 48.8 Å². The molecule has 0 aromatic carbocycles. The van der Waals surface area contributed by atoms with Crippen molar-refractivity contribution in [3.63, 3.8) is 0 Å². The number of hydrogen-bond donors (Lipinski definition) is 2. The summed E-state index contributed by atoms with van der Waals surface area (Å²) in [4.78, 5) is 19.9. The van der Waals surface area contributed by atoms with Crippen molar-refractivity contribution in [2.75, 3.05) is 32.7 Å². The van der Waals surface area contributed by atoms with Gasteiger partial charge in [-0.3, -0.25) is 4.79 Å². The molecule has 5 nitrogen and oxygen atoms in total. The molecule has 0 atom stereocenters. The van der Waals surface area contributed by atoms with Crippen LogP contribution in [0.2, 0.25) is 0 Å². The number of likely N-dealkylation sites (tertiary alicyclic amines) is 2. The number of amides is 1. The zero-order valence-electron chi connectivity index (χ0n) is 13.5. The molecule has 0 bridgehead atoms. The Morgan fingerprint density at radius 2 is 1.91 bits per heavy atom. The van der Waals surface area contributed by atoms with Crippen LogP contribution in [-0.4, -0.2) is 64.1 Å². The minimum atomic E-state index is -0.620. The highest BCUT2D eigenvalue weighted by molar-refractivity contribution is 5.92. The van der Waals surface area contributed by atoms with E-state index in [1.165, 1.54) is 12.8 Å². The third-order valence-electron chi connectivity index (χ3n) is 5.06. The molecule has 5 heteroatoms. The molecule has 22 heavy (non-hydrogen) atoms. The van der Waals surface area contributed by atoms with E-state index in [1.807, 2.05) is 17.0 Å². The van der Waals surface area contributed by atoms with Crippen molar-refractivity contribution in [2.24, 2.45) is 0 Å². The number of H-pyrrole nitrogens is 1. The Labute approximate surface area is 132 Å². The van der Waals surface area contributed by atoms with E-state index >= 15 is 0 Å². The van der Waals surface area contributed by atoms with E-state index in [-0.39, 0.29) is 5.91 Å². The van der Waals surface area contributed by atoms with E-state index in [1.54, 1.807) is 0 Å². The summed E-state index contributed by atoms with van der Waals surface area (Å²) in [6, 6.07) is 3.84. The Hall–Kier alpha value is -1.33. The molecule has 0 aliphatic carbocycles. The largest absolute Gasteiger partial charge is 0.388 e. The van der Waals surface area contributed by atoms with Crippen LogP contribution in [0.3, 0.4) is 0 Å². The number of β-amino-alcohol motifs (C(OH)–C–C–N with tert-alkyl or cyclic N) is 1. The number of hydrogen-bond acceptors (Lipinski definition) is 3. The van der Waals surface area contributed by atoms with Crippen LogP contribution in [0.5, 0.6) is 0 Å². The smallest absolute Gasteiger partial charge is 0.270 e. The van der Waals surface area contributed by atoms with Crippen molar-refractivity contribution in [3.8, 4) is 0 Å². The first kappa shape index (κ1) is 15.6. The van der Waals surface area contributed by atoms with Crippen molar-refractivity contribution in [1.82, 2.24) is 14.8 Å². The topological polar surface area (TPSA) is 59.6 Å². The molecule has 2 aliphatic rings. The summed E-state index contributed by atoms with van der Waals surface area (Å²) in [5.74, 6) is 0.0583. The number of aryl methyl sites for hydroxylation is 1. The number of nitrogens with zero attached hydrogens (tertiary/aromatic N) is 2. The van der Waals surface area contributed by atoms with E-state index in [0.717, 1.165) is 31.7 Å². The zero-order valence-corrected chi connectivity index (χ0v) is 13.5. The first-order valence-electron chi connectivity index (χ1n) is 8.51. The van der Waals surface area contributed by atoms with Gasteiger partial charge >= 0.3 is 0 Å². The maximum absolute atomic E-state index is 12.5. The summed E-state index contributed by atoms with van der Waals surface area (Å²) in [5, 5.41) is 10.8. The Balaban J connectivity index is 1.55. The lowest BCUT2D eigenvalue weighted by molar-refractivity contribution is -0.0368. The molecule has 1 aromatic heterocycles. The predicted molar refractivity (Wildman–Crippen MR) is 85.9 cm³/mol. The van der Waals surface area contributed by atoms with E-state index < -0.39 is 5.60 Å². The van der Waals surface area contributed by atoms with Gasteiger partial charge in [0.1, 0.15) is 5.69 Å². The van der Waals surface area contributed by atoms with Crippen LogP contribution in [0.15, 0.2) is 12.1 Å². The van der Waals surface area contributed by atoms with Gasteiger partial charge in [-0.05, 0) is 57.3 Å². The van der Waals surface area contributed by atoms with Crippen molar-refractivity contribution in [3.05, 3.63) is 23.5 Å². The second-order valence-electron chi connectivity index (χ2n) is 6.75. The van der Waals surface area contributed by atoms with Crippen LogP contribution in [-0.2, 0) is 6.42 Å². The SMILES string of the molecule is CCc1ccc(C(=O)N2CCC(O)(CN3CCCC3)CC2)[nH]1. The van der Waals surface area contributed by atoms with Gasteiger partial charge in [0.25, 0.3) is 5.91 Å². The van der Waals surface area contributed by atoms with Gasteiger partial charge in [-0.1, -0.05) is 6.92 Å². The fraction of sp³-hybridized carbons (Fsp3) is 0.706. The monoisotopic (exact) mass is 305 g/mol. The van der Waals surface area contributed by atoms with Crippen molar-refractivity contribution in [2.45, 2.75) is 44.6 Å². The van der Waals surface area contributed by atoms with Gasteiger partial charge < -0.3 is 19.9 Å². The molecule has 2 N–H and O–H groups in total. The van der Waals surface area contributed by atoms with Gasteiger partial charge in [0.2, 0.25) is 0 Å². The molecule has 1 aromatic rings. The number of piperidine rings is 1. The van der Waals surface area contributed by atoms with Gasteiger partial charge in [0, 0.05) is 25.3 Å². The van der Waals surface area contributed by atoms with Gasteiger partial charge in [0.15, 0.2) is 0 Å². The molecule has 2 saturated heterocycles. The minimum absolute atomic E-state index is 0.0583. The zero-order chi connectivity index (χ0) is 15.6. The van der Waals surface area contributed by atoms with Gasteiger partial charge in [-0.25, -0.2) is 0 Å². The fourth-order valence-electron chi connectivity index (χ4n) is 3.58. The third-order valence-corrected chi connectivity index (χ3v) is 5.06. The molecule has 2 fully saturated rings. The quantitative estimate of drug-likeness (QED) is 0.889. The van der Waals surface area contributed by atoms with Crippen molar-refractivity contribution >= 4 is 5.91 Å². The van der Waals surface area contributed by atoms with Crippen LogP contribution >= 0.6 is 0 Å². The molecular formula is C17H27N3O2. The first-order valence-corrected chi connectivity index (χ1v) is 8.51. The van der Waals surface area contributed by atoms with E-state index in [9.17, 15) is 9.90 Å². The number of aliphatic hydroxyl groups is 1. The summed E-state index contributed by atoms with van der Waals surface area (Å²) < 4.78 is 0. The average molecular weight is 305 g/mol. The number of rotatable bonds is 4. The summed E-state index contributed by atoms with van der Waals surface area (Å²) in [6.07, 6.45) is 4.75. The summed E-state index contributed by atoms with van der Waals surface area (Å²) in [5.41, 5.74) is 1.14. The van der Waals surface area contributed by atoms with Crippen molar-refractivity contribution < 1.29 is 9.90 Å². The highest BCUT2D eigenvalue weighted by Crippen LogP contribution is 2.26. The molecule has 0 unspecified atom stereocenters. The Morgan fingerprint density at radius 1 is 1.23 bits per heavy atom. The highest BCUT2D eigenvalue weighted by Gasteiger charge is 2.36. The third kappa shape index (κ3) is 3.36. The second kappa shape index (κ2) is 6.42. The molecular weight excluding hydrogens is 278 g/mol. The summed E-state index contributed by atoms with van der Waals surface area (Å²) >= 11 is 0. The number of aromatic amines is 1. The lowest BCUT2D eigenvalue weighted by Gasteiger charge is -2.40. The Morgan fingerprint density at radius 3 is 2.50 bits per heavy atom. The van der Waals surface area contributed by atoms with Crippen LogP contribution in [0.4, 0.5) is 0 Å². The van der Waals surface area contributed by atoms with E-state index in [4.69, 9.17) is 0 Å². The first-order chi connectivity index (χ1) is 10.6. The number of carbonyl (C=O) groups is 1. The molecule has 0 radical (unpaired) electrons. The Bertz CT molecular complexity index is 512. The predicted octanol–water partition coefficient (Wildman–Crippen LogP) is 1.64. The molecule has 0 saturated carbocycles. The standard InChI is InChI=1S/C17H27N3O2/c1-2-14-5-6-15(18-14)16(21)20-11-7-17(22,8-12-20)13-19-9-3-4-10-19/h5-6,18,22H,2-4,7-13H2,1H3. The number of nitrogens with one attached hydrogen (secondary N) is 1. The molecule has 3 heterocycles. The van der Waals surface area contributed by atoms with E-state index in [0.29, 0.717) is 31.6 Å². The highest BCUT2D eigenvalue weighted by atomic mass is 16.3. The van der Waals surface area contributed by atoms with Crippen molar-refractivity contribution in [1.29, 1.82) is 0 Å². The Kier molecular flexibility index (Phi) is 4.54. The molecule has 0 spiro atoms. The van der Waals surface area contributed by atoms with Crippen LogP contribution in [0.25, 0.3) is 0 Å². The van der Waals surface area contributed by atoms with Gasteiger partial charge in [-0.2, -0.15) is 0 Å². The summed E-state index contributed by atoms with van der Waals surface area (Å²) in [6.45, 7) is 6.32. The lowest BCUT2D eigenvalue weighted by Crippen LogP contribution is -2.51. The molecule has 1 amide bonds. The van der Waals surface area contributed by atoms with E-state index in [2.05, 4.69) is 16.8 Å². The van der Waals surface area contributed by atoms with Gasteiger partial charge in [0.05, 0.1) is 5.60 Å². The van der Waals surface area contributed by atoms with Crippen LogP contribution in [0, 0.1) is 0 Å². The minimum Gasteiger partial charge on any atom is -0.388 e. The second-order valence-corrected chi connectivity index (χ2v) is 6.75. The number of carbonyl (C=O) groups excluding carboxylic acids is 1. The maximum Gasteiger partial charge on any atom is 0.270 e. The van der Waals surface area contributed by atoms with Crippen LogP contribution < -0.4 is 0 Å². The molecule has 122 valence electrons. The normalized spacial score (nSPS) is 22.2. The lowest BCUT2D eigenvalue weighted by atomic mass is 9.90. The molecule has 2 aliphatic heterocycles. The summed E-state index contributed by atoms with van der Waals surface area (Å²) in [7, 11) is 0. The maximum atomic E-state index is 12.5. The average Bonchev–Trinajstić information content (AvgIpc) is 3.18. The number of aromatic nitrogens is 1. The fourth-order valence-corrected chi connectivity index (χ4v) is 3.58. The van der Waals surface area contributed by atoms with Gasteiger partial charge in [-0.15, -0.1) is 0 Å².